The Morgan fingerprint density at radius 1 is 0.215 bits per heavy atom. The van der Waals surface area contributed by atoms with Crippen molar-refractivity contribution in [3.63, 3.8) is 0 Å². The van der Waals surface area contributed by atoms with E-state index in [1.807, 2.05) is 0 Å². The largest absolute Gasteiger partial charge is 0.310 e. The Balaban J connectivity index is 0.905. The van der Waals surface area contributed by atoms with Gasteiger partial charge in [0, 0.05) is 50.1 Å². The van der Waals surface area contributed by atoms with Gasteiger partial charge in [-0.3, -0.25) is 0 Å². The molecule has 0 unspecified atom stereocenters. The average molecular weight is 1190 g/mol. The van der Waals surface area contributed by atoms with Crippen LogP contribution in [0, 0.1) is 0 Å². The van der Waals surface area contributed by atoms with Gasteiger partial charge in [0.15, 0.2) is 0 Å². The molecule has 4 aliphatic carbocycles. The fourth-order valence-corrected chi connectivity index (χ4v) is 17.5. The van der Waals surface area contributed by atoms with Crippen molar-refractivity contribution in [2.45, 2.75) is 57.8 Å². The first kappa shape index (κ1) is 53.7. The molecule has 0 heterocycles. The van der Waals surface area contributed by atoms with Crippen LogP contribution in [-0.2, 0) is 16.2 Å². The topological polar surface area (TPSA) is 6.48 Å². The van der Waals surface area contributed by atoms with Crippen molar-refractivity contribution in [2.75, 3.05) is 9.80 Å². The molecular formula is C91H66N2. The Morgan fingerprint density at radius 3 is 1.19 bits per heavy atom. The molecule has 0 aromatic heterocycles. The van der Waals surface area contributed by atoms with Crippen LogP contribution in [0.1, 0.15) is 74.9 Å². The number of anilines is 6. The van der Waals surface area contributed by atoms with Gasteiger partial charge < -0.3 is 9.80 Å². The van der Waals surface area contributed by atoms with Crippen LogP contribution >= 0.6 is 0 Å². The highest BCUT2D eigenvalue weighted by atomic mass is 15.1. The second kappa shape index (κ2) is 19.5. The summed E-state index contributed by atoms with van der Waals surface area (Å²) < 4.78 is 0. The van der Waals surface area contributed by atoms with Crippen molar-refractivity contribution in [1.29, 1.82) is 0 Å². The van der Waals surface area contributed by atoms with Crippen LogP contribution < -0.4 is 9.80 Å². The molecule has 0 bridgehead atoms. The summed E-state index contributed by atoms with van der Waals surface area (Å²) >= 11 is 0. The van der Waals surface area contributed by atoms with Crippen LogP contribution in [0.25, 0.3) is 121 Å². The van der Waals surface area contributed by atoms with E-state index in [0.717, 1.165) is 34.1 Å². The molecule has 440 valence electrons. The maximum Gasteiger partial charge on any atom is 0.0540 e. The summed E-state index contributed by atoms with van der Waals surface area (Å²) in [5.74, 6) is 0. The minimum atomic E-state index is -0.256. The van der Waals surface area contributed by atoms with Crippen LogP contribution in [0.4, 0.5) is 34.1 Å². The van der Waals surface area contributed by atoms with Crippen LogP contribution in [-0.4, -0.2) is 0 Å². The first-order valence-electron chi connectivity index (χ1n) is 33.0. The van der Waals surface area contributed by atoms with E-state index in [-0.39, 0.29) is 16.2 Å². The van der Waals surface area contributed by atoms with E-state index in [4.69, 9.17) is 0 Å². The van der Waals surface area contributed by atoms with E-state index in [9.17, 15) is 0 Å². The summed E-state index contributed by atoms with van der Waals surface area (Å²) in [6.07, 6.45) is 0. The number of hydrogen-bond acceptors (Lipinski definition) is 2. The smallest absolute Gasteiger partial charge is 0.0540 e. The van der Waals surface area contributed by atoms with E-state index in [1.54, 1.807) is 0 Å². The first-order valence-corrected chi connectivity index (χ1v) is 33.0. The molecule has 0 saturated heterocycles. The highest BCUT2D eigenvalue weighted by molar-refractivity contribution is 6.24. The molecule has 0 aliphatic heterocycles. The summed E-state index contributed by atoms with van der Waals surface area (Å²) in [6, 6.07) is 111. The second-order valence-electron chi connectivity index (χ2n) is 27.9. The van der Waals surface area contributed by atoms with Crippen LogP contribution in [0.5, 0.6) is 0 Å². The van der Waals surface area contributed by atoms with Crippen LogP contribution in [0.15, 0.2) is 291 Å². The lowest BCUT2D eigenvalue weighted by molar-refractivity contribution is 0.645. The third-order valence-electron chi connectivity index (χ3n) is 21.9. The highest BCUT2D eigenvalue weighted by Crippen LogP contribution is 2.58. The Kier molecular flexibility index (Phi) is 11.3. The SMILES string of the molecule is CC1(C)c2ccccc2-c2ccc(-c3c4ccc(N(c5ccccc5)c5ccc6c7c(cccc57)-c5ccccc5-6)cc4c(-c4ccc5c(c4)C(C)(C)c4ccccc4-5)c4ccc(N(c5ccccc5)c5ccc6c(c5)C(C)(C)c5cccc7cccc-6c57)cc34)cc21. The monoisotopic (exact) mass is 1190 g/mol. The Labute approximate surface area is 544 Å². The van der Waals surface area contributed by atoms with Crippen molar-refractivity contribution >= 4 is 77.2 Å². The molecule has 4 aliphatic rings. The van der Waals surface area contributed by atoms with Gasteiger partial charge in [-0.15, -0.1) is 0 Å². The maximum absolute atomic E-state index is 2.54. The van der Waals surface area contributed by atoms with E-state index >= 15 is 0 Å². The predicted octanol–water partition coefficient (Wildman–Crippen LogP) is 25.1. The number of nitrogens with zero attached hydrogens (tertiary/aromatic N) is 2. The molecule has 0 amide bonds. The van der Waals surface area contributed by atoms with E-state index in [1.165, 1.54) is 154 Å². The van der Waals surface area contributed by atoms with Gasteiger partial charge in [0.1, 0.15) is 0 Å². The van der Waals surface area contributed by atoms with Gasteiger partial charge in [-0.2, -0.15) is 0 Å². The first-order chi connectivity index (χ1) is 45.4. The van der Waals surface area contributed by atoms with Crippen molar-refractivity contribution in [1.82, 2.24) is 0 Å². The van der Waals surface area contributed by atoms with E-state index < -0.39 is 0 Å². The summed E-state index contributed by atoms with van der Waals surface area (Å²) in [4.78, 5) is 5.01. The molecule has 0 saturated carbocycles. The normalized spacial score (nSPS) is 14.4. The number of hydrogen-bond donors (Lipinski definition) is 0. The van der Waals surface area contributed by atoms with Crippen molar-refractivity contribution in [3.05, 3.63) is 325 Å². The van der Waals surface area contributed by atoms with Gasteiger partial charge in [0.25, 0.3) is 0 Å². The fourth-order valence-electron chi connectivity index (χ4n) is 17.5. The second-order valence-corrected chi connectivity index (χ2v) is 27.9. The minimum absolute atomic E-state index is 0.214. The zero-order chi connectivity index (χ0) is 62.2. The molecular weight excluding hydrogens is 1120 g/mol. The fraction of sp³-hybridized carbons (Fsp3) is 0.0989. The lowest BCUT2D eigenvalue weighted by atomic mass is 9.68. The Hall–Kier alpha value is -11.1. The zero-order valence-corrected chi connectivity index (χ0v) is 53.1. The lowest BCUT2D eigenvalue weighted by Gasteiger charge is -2.36. The number of fused-ring (bicyclic) bond motifs is 13. The van der Waals surface area contributed by atoms with Crippen molar-refractivity contribution in [2.24, 2.45) is 0 Å². The quantitative estimate of drug-likeness (QED) is 0.140. The van der Waals surface area contributed by atoms with Gasteiger partial charge in [-0.1, -0.05) is 254 Å². The van der Waals surface area contributed by atoms with Gasteiger partial charge >= 0.3 is 0 Å². The van der Waals surface area contributed by atoms with Crippen LogP contribution in [0.2, 0.25) is 0 Å². The van der Waals surface area contributed by atoms with Gasteiger partial charge in [-0.05, 0) is 228 Å². The van der Waals surface area contributed by atoms with Gasteiger partial charge in [0.05, 0.1) is 5.69 Å². The Morgan fingerprint density at radius 2 is 0.602 bits per heavy atom. The van der Waals surface area contributed by atoms with E-state index in [2.05, 4.69) is 343 Å². The number of rotatable bonds is 8. The highest BCUT2D eigenvalue weighted by Gasteiger charge is 2.39. The molecule has 2 nitrogen and oxygen atoms in total. The molecule has 0 fully saturated rings. The molecule has 0 N–H and O–H groups in total. The van der Waals surface area contributed by atoms with Gasteiger partial charge in [0.2, 0.25) is 0 Å². The minimum Gasteiger partial charge on any atom is -0.310 e. The van der Waals surface area contributed by atoms with Crippen molar-refractivity contribution in [3.8, 4) is 77.9 Å². The van der Waals surface area contributed by atoms with Gasteiger partial charge in [-0.25, -0.2) is 0 Å². The van der Waals surface area contributed by atoms with Crippen molar-refractivity contribution < 1.29 is 0 Å². The molecule has 0 spiro atoms. The molecule has 0 atom stereocenters. The third-order valence-corrected chi connectivity index (χ3v) is 21.9. The van der Waals surface area contributed by atoms with E-state index in [0.29, 0.717) is 0 Å². The standard InChI is InChI=1S/C91H66N2/c1-89(2)78-35-17-15-30-65(78)67-43-38-56(50-81(67)89)85-74-47-42-61(93(59-26-11-8-12-27-59)84-49-48-72-64-29-14-13-28-63(64)70-33-21-34-75(84)88(70)72)53-77(74)86(57-39-44-68-66-31-16-18-36-79(66)90(3,4)82(68)51-57)73-46-41-60(52-76(73)85)92(58-24-9-7-10-25-58)62-40-45-69-71-32-19-22-55-23-20-37-80(87(55)71)91(5,6)83(69)54-62/h7-54H,1-6H3. The molecule has 0 radical (unpaired) electrons. The number of para-hydroxylation sites is 2. The summed E-state index contributed by atoms with van der Waals surface area (Å²) in [7, 11) is 0. The van der Waals surface area contributed by atoms with Crippen LogP contribution in [0.3, 0.4) is 0 Å². The predicted molar refractivity (Wildman–Crippen MR) is 394 cm³/mol. The molecule has 15 aromatic carbocycles. The summed E-state index contributed by atoms with van der Waals surface area (Å²) in [5.41, 5.74) is 32.0. The zero-order valence-electron chi connectivity index (χ0n) is 53.1. The number of benzene rings is 15. The molecule has 19 rings (SSSR count). The average Bonchev–Trinajstić information content (AvgIpc) is 1.02. The lowest BCUT2D eigenvalue weighted by Crippen LogP contribution is -2.24. The molecule has 93 heavy (non-hydrogen) atoms. The summed E-state index contributed by atoms with van der Waals surface area (Å²) in [6.45, 7) is 14.5. The molecule has 15 aromatic rings. The maximum atomic E-state index is 2.54. The summed E-state index contributed by atoms with van der Waals surface area (Å²) in [5, 5.41) is 9.98. The Bertz CT molecular complexity index is 5690. The molecule has 2 heteroatoms. The third kappa shape index (κ3) is 7.58.